The van der Waals surface area contributed by atoms with Gasteiger partial charge in [-0.3, -0.25) is 0 Å². The fourth-order valence-corrected chi connectivity index (χ4v) is 2.68. The minimum Gasteiger partial charge on any atom is -0.497 e. The van der Waals surface area contributed by atoms with Gasteiger partial charge in [0.2, 0.25) is 5.75 Å². The Bertz CT molecular complexity index is 784. The third-order valence-electron chi connectivity index (χ3n) is 4.08. The molecule has 0 unspecified atom stereocenters. The lowest BCUT2D eigenvalue weighted by Crippen LogP contribution is -2.30. The van der Waals surface area contributed by atoms with Crippen molar-refractivity contribution in [3.63, 3.8) is 0 Å². The standard InChI is InChI=1S/C20H26N2O6/c1-24-14-6-7-16(25-2)15(12-14)22-20(23)21-9-8-13-10-17(26-3)19(28-5)18(11-13)27-4/h6-7,10-12H,8-9H2,1-5H3,(H2,21,22,23). The van der Waals surface area contributed by atoms with Gasteiger partial charge in [-0.1, -0.05) is 0 Å². The number of carbonyl (C=O) groups is 1. The number of carbonyl (C=O) groups excluding carboxylic acids is 1. The minimum atomic E-state index is -0.348. The molecule has 8 heteroatoms. The van der Waals surface area contributed by atoms with Crippen LogP contribution in [0.2, 0.25) is 0 Å². The van der Waals surface area contributed by atoms with Crippen LogP contribution in [-0.2, 0) is 6.42 Å². The van der Waals surface area contributed by atoms with Crippen LogP contribution in [0, 0.1) is 0 Å². The summed E-state index contributed by atoms with van der Waals surface area (Å²) in [5.41, 5.74) is 1.46. The molecule has 152 valence electrons. The molecular formula is C20H26N2O6. The van der Waals surface area contributed by atoms with Gasteiger partial charge in [0.1, 0.15) is 11.5 Å². The van der Waals surface area contributed by atoms with Crippen LogP contribution < -0.4 is 34.3 Å². The van der Waals surface area contributed by atoms with Crippen molar-refractivity contribution in [1.82, 2.24) is 5.32 Å². The van der Waals surface area contributed by atoms with E-state index in [1.165, 1.54) is 7.11 Å². The highest BCUT2D eigenvalue weighted by atomic mass is 16.5. The van der Waals surface area contributed by atoms with Gasteiger partial charge in [-0.2, -0.15) is 0 Å². The number of urea groups is 1. The summed E-state index contributed by atoms with van der Waals surface area (Å²) in [5, 5.41) is 5.57. The fraction of sp³-hybridized carbons (Fsp3) is 0.350. The molecule has 0 aromatic heterocycles. The maximum absolute atomic E-state index is 12.2. The summed E-state index contributed by atoms with van der Waals surface area (Å²) in [6.45, 7) is 0.413. The van der Waals surface area contributed by atoms with E-state index in [9.17, 15) is 4.79 Å². The molecule has 8 nitrogen and oxygen atoms in total. The number of amides is 2. The van der Waals surface area contributed by atoms with Crippen LogP contribution in [0.3, 0.4) is 0 Å². The Hall–Kier alpha value is -3.29. The van der Waals surface area contributed by atoms with E-state index in [1.807, 2.05) is 12.1 Å². The molecule has 2 N–H and O–H groups in total. The summed E-state index contributed by atoms with van der Waals surface area (Å²) >= 11 is 0. The molecule has 2 aromatic rings. The van der Waals surface area contributed by atoms with Crippen molar-refractivity contribution in [1.29, 1.82) is 0 Å². The maximum atomic E-state index is 12.2. The van der Waals surface area contributed by atoms with E-state index in [1.54, 1.807) is 46.6 Å². The minimum absolute atomic E-state index is 0.348. The number of ether oxygens (including phenoxy) is 5. The molecule has 2 rings (SSSR count). The molecule has 0 heterocycles. The van der Waals surface area contributed by atoms with Gasteiger partial charge in [0, 0.05) is 12.6 Å². The van der Waals surface area contributed by atoms with E-state index in [0.717, 1.165) is 5.56 Å². The van der Waals surface area contributed by atoms with Crippen molar-refractivity contribution in [3.8, 4) is 28.7 Å². The first-order chi connectivity index (χ1) is 13.6. The Morgan fingerprint density at radius 2 is 1.46 bits per heavy atom. The first-order valence-electron chi connectivity index (χ1n) is 8.62. The van der Waals surface area contributed by atoms with Gasteiger partial charge in [-0.25, -0.2) is 4.79 Å². The van der Waals surface area contributed by atoms with Crippen molar-refractivity contribution in [2.45, 2.75) is 6.42 Å². The first-order valence-corrected chi connectivity index (χ1v) is 8.62. The van der Waals surface area contributed by atoms with Crippen molar-refractivity contribution < 1.29 is 28.5 Å². The van der Waals surface area contributed by atoms with E-state index in [-0.39, 0.29) is 6.03 Å². The topological polar surface area (TPSA) is 87.3 Å². The summed E-state index contributed by atoms with van der Waals surface area (Å²) in [4.78, 5) is 12.2. The highest BCUT2D eigenvalue weighted by molar-refractivity contribution is 5.91. The van der Waals surface area contributed by atoms with Gasteiger partial charge in [0.15, 0.2) is 11.5 Å². The first kappa shape index (κ1) is 21.0. The molecular weight excluding hydrogens is 364 g/mol. The molecule has 0 fully saturated rings. The number of nitrogens with one attached hydrogen (secondary N) is 2. The highest BCUT2D eigenvalue weighted by Crippen LogP contribution is 2.38. The number of hydrogen-bond donors (Lipinski definition) is 2. The third kappa shape index (κ3) is 5.12. The smallest absolute Gasteiger partial charge is 0.319 e. The summed E-state index contributed by atoms with van der Waals surface area (Å²) in [6.07, 6.45) is 0.583. The molecule has 0 saturated carbocycles. The summed E-state index contributed by atoms with van der Waals surface area (Å²) < 4.78 is 26.4. The number of methoxy groups -OCH3 is 5. The Morgan fingerprint density at radius 1 is 0.821 bits per heavy atom. The van der Waals surface area contributed by atoms with Gasteiger partial charge in [-0.05, 0) is 36.2 Å². The second-order valence-corrected chi connectivity index (χ2v) is 5.73. The molecule has 0 aliphatic rings. The molecule has 2 aromatic carbocycles. The molecule has 0 aliphatic heterocycles. The second kappa shape index (κ2) is 10.1. The molecule has 28 heavy (non-hydrogen) atoms. The van der Waals surface area contributed by atoms with Crippen LogP contribution >= 0.6 is 0 Å². The second-order valence-electron chi connectivity index (χ2n) is 5.73. The zero-order chi connectivity index (χ0) is 20.5. The average Bonchev–Trinajstić information content (AvgIpc) is 2.72. The van der Waals surface area contributed by atoms with Crippen molar-refractivity contribution in [2.24, 2.45) is 0 Å². The highest BCUT2D eigenvalue weighted by Gasteiger charge is 2.13. The Kier molecular flexibility index (Phi) is 7.62. The van der Waals surface area contributed by atoms with E-state index in [2.05, 4.69) is 10.6 Å². The third-order valence-corrected chi connectivity index (χ3v) is 4.08. The Labute approximate surface area is 164 Å². The summed E-state index contributed by atoms with van der Waals surface area (Å²) in [5.74, 6) is 2.84. The monoisotopic (exact) mass is 390 g/mol. The zero-order valence-electron chi connectivity index (χ0n) is 16.8. The van der Waals surface area contributed by atoms with Gasteiger partial charge in [0.05, 0.1) is 41.2 Å². The molecule has 0 saturated heterocycles. The van der Waals surface area contributed by atoms with Crippen LogP contribution in [0.15, 0.2) is 30.3 Å². The molecule has 0 bridgehead atoms. The van der Waals surface area contributed by atoms with Crippen molar-refractivity contribution in [2.75, 3.05) is 47.4 Å². The summed E-state index contributed by atoms with van der Waals surface area (Å²) in [7, 11) is 7.78. The zero-order valence-corrected chi connectivity index (χ0v) is 16.8. The summed E-state index contributed by atoms with van der Waals surface area (Å²) in [6, 6.07) is 8.53. The predicted octanol–water partition coefficient (Wildman–Crippen LogP) is 3.09. The number of anilines is 1. The van der Waals surface area contributed by atoms with E-state index in [4.69, 9.17) is 23.7 Å². The molecule has 2 amide bonds. The van der Waals surface area contributed by atoms with E-state index < -0.39 is 0 Å². The number of hydrogen-bond acceptors (Lipinski definition) is 6. The van der Waals surface area contributed by atoms with Crippen LogP contribution in [0.5, 0.6) is 28.7 Å². The van der Waals surface area contributed by atoms with Gasteiger partial charge in [0.25, 0.3) is 0 Å². The lowest BCUT2D eigenvalue weighted by Gasteiger charge is -2.15. The van der Waals surface area contributed by atoms with Crippen LogP contribution in [0.4, 0.5) is 10.5 Å². The van der Waals surface area contributed by atoms with Gasteiger partial charge >= 0.3 is 6.03 Å². The van der Waals surface area contributed by atoms with Gasteiger partial charge in [-0.15, -0.1) is 0 Å². The van der Waals surface area contributed by atoms with E-state index in [0.29, 0.717) is 47.4 Å². The number of benzene rings is 2. The quantitative estimate of drug-likeness (QED) is 0.684. The molecule has 0 atom stereocenters. The molecule has 0 spiro atoms. The normalized spacial score (nSPS) is 10.0. The van der Waals surface area contributed by atoms with Gasteiger partial charge < -0.3 is 34.3 Å². The molecule has 0 aliphatic carbocycles. The Balaban J connectivity index is 1.99. The number of rotatable bonds is 9. The van der Waals surface area contributed by atoms with Crippen LogP contribution in [-0.4, -0.2) is 48.1 Å². The Morgan fingerprint density at radius 3 is 2.00 bits per heavy atom. The lowest BCUT2D eigenvalue weighted by molar-refractivity contribution is 0.252. The lowest BCUT2D eigenvalue weighted by atomic mass is 10.1. The van der Waals surface area contributed by atoms with E-state index >= 15 is 0 Å². The van der Waals surface area contributed by atoms with Crippen molar-refractivity contribution in [3.05, 3.63) is 35.9 Å². The average molecular weight is 390 g/mol. The maximum Gasteiger partial charge on any atom is 0.319 e. The largest absolute Gasteiger partial charge is 0.497 e. The predicted molar refractivity (Wildman–Crippen MR) is 106 cm³/mol. The van der Waals surface area contributed by atoms with Crippen LogP contribution in [0.1, 0.15) is 5.56 Å². The SMILES string of the molecule is COc1ccc(OC)c(NC(=O)NCCc2cc(OC)c(OC)c(OC)c2)c1. The molecule has 0 radical (unpaired) electrons. The van der Waals surface area contributed by atoms with Crippen LogP contribution in [0.25, 0.3) is 0 Å². The fourth-order valence-electron chi connectivity index (χ4n) is 2.68. The van der Waals surface area contributed by atoms with Crippen molar-refractivity contribution >= 4 is 11.7 Å².